The van der Waals surface area contributed by atoms with Crippen LogP contribution in [0.2, 0.25) is 0 Å². The third-order valence-corrected chi connectivity index (χ3v) is 1.58. The summed E-state index contributed by atoms with van der Waals surface area (Å²) in [4.78, 5) is 0. The molecule has 0 fully saturated rings. The molecule has 2 heteroatoms. The molecule has 1 aliphatic carbocycles. The molecule has 1 rings (SSSR count). The van der Waals surface area contributed by atoms with E-state index in [0.717, 1.165) is 0 Å². The molecule has 0 heterocycles. The Morgan fingerprint density at radius 3 is 2.89 bits per heavy atom. The van der Waals surface area contributed by atoms with E-state index in [-0.39, 0.29) is 0 Å². The van der Waals surface area contributed by atoms with Gasteiger partial charge in [0.25, 0.3) is 0 Å². The fourth-order valence-corrected chi connectivity index (χ4v) is 1.11. The van der Waals surface area contributed by atoms with Gasteiger partial charge in [0.1, 0.15) is 0 Å². The molecule has 0 bridgehead atoms. The first-order valence-electron chi connectivity index (χ1n) is 3.55. The van der Waals surface area contributed by atoms with Crippen molar-refractivity contribution < 1.29 is 0 Å². The number of hydrogen-bond donors (Lipinski definition) is 2. The van der Waals surface area contributed by atoms with E-state index in [1.54, 1.807) is 0 Å². The van der Waals surface area contributed by atoms with E-state index in [9.17, 15) is 0 Å². The van der Waals surface area contributed by atoms with Gasteiger partial charge in [-0.2, -0.15) is 0 Å². The molecule has 0 aromatic rings. The van der Waals surface area contributed by atoms with Crippen molar-refractivity contribution in [1.29, 1.82) is 0 Å². The van der Waals surface area contributed by atoms with E-state index in [1.807, 2.05) is 7.05 Å². The predicted molar refractivity (Wildman–Crippen MR) is 38.7 cm³/mol. The Morgan fingerprint density at radius 1 is 1.44 bits per heavy atom. The van der Waals surface area contributed by atoms with E-state index in [4.69, 9.17) is 0 Å². The molecule has 0 saturated carbocycles. The molecule has 0 saturated heterocycles. The maximum atomic E-state index is 3.10. The smallest absolute Gasteiger partial charge is 0.0221 e. The van der Waals surface area contributed by atoms with Crippen LogP contribution in [0.5, 0.6) is 0 Å². The van der Waals surface area contributed by atoms with Crippen LogP contribution in [0.3, 0.4) is 0 Å². The lowest BCUT2D eigenvalue weighted by Gasteiger charge is -2.13. The normalized spacial score (nSPS) is 19.0. The number of rotatable bonds is 2. The van der Waals surface area contributed by atoms with Crippen LogP contribution in [0.4, 0.5) is 0 Å². The minimum atomic E-state index is 1.21. The largest absolute Gasteiger partial charge is 0.326 e. The summed E-state index contributed by atoms with van der Waals surface area (Å²) in [6.45, 7) is 0. The summed E-state index contributed by atoms with van der Waals surface area (Å²) < 4.78 is 0. The van der Waals surface area contributed by atoms with Gasteiger partial charge in [-0.15, -0.1) is 0 Å². The van der Waals surface area contributed by atoms with Gasteiger partial charge in [0.05, 0.1) is 0 Å². The number of allylic oxidation sites excluding steroid dienone is 2. The molecule has 9 heavy (non-hydrogen) atoms. The van der Waals surface area contributed by atoms with Crippen molar-refractivity contribution in [3.8, 4) is 0 Å². The average molecular weight is 126 g/mol. The predicted octanol–water partition coefficient (Wildman–Crippen LogP) is 1.17. The molecule has 0 spiro atoms. The van der Waals surface area contributed by atoms with Crippen LogP contribution in [-0.2, 0) is 0 Å². The van der Waals surface area contributed by atoms with E-state index >= 15 is 0 Å². The van der Waals surface area contributed by atoms with Gasteiger partial charge in [0.15, 0.2) is 0 Å². The maximum absolute atomic E-state index is 3.10. The topological polar surface area (TPSA) is 24.1 Å². The Kier molecular flexibility index (Phi) is 2.58. The summed E-state index contributed by atoms with van der Waals surface area (Å²) >= 11 is 0. The Hall–Kier alpha value is -0.500. The first-order chi connectivity index (χ1) is 4.43. The monoisotopic (exact) mass is 126 g/mol. The molecule has 0 atom stereocenters. The van der Waals surface area contributed by atoms with Gasteiger partial charge in [0.2, 0.25) is 0 Å². The Balaban J connectivity index is 2.28. The molecule has 0 amide bonds. The molecule has 0 aliphatic heterocycles. The van der Waals surface area contributed by atoms with Crippen LogP contribution in [-0.4, -0.2) is 7.05 Å². The Morgan fingerprint density at radius 2 is 2.33 bits per heavy atom. The molecule has 0 aromatic heterocycles. The SMILES string of the molecule is CNNC1=CCCCC1. The Bertz CT molecular complexity index is 107. The van der Waals surface area contributed by atoms with Crippen LogP contribution in [0.25, 0.3) is 0 Å². The van der Waals surface area contributed by atoms with Crippen molar-refractivity contribution in [1.82, 2.24) is 10.9 Å². The summed E-state index contributed by atoms with van der Waals surface area (Å²) in [6, 6.07) is 0. The third kappa shape index (κ3) is 2.06. The number of hydrogen-bond acceptors (Lipinski definition) is 2. The second-order valence-electron chi connectivity index (χ2n) is 2.35. The molecule has 0 radical (unpaired) electrons. The van der Waals surface area contributed by atoms with E-state index < -0.39 is 0 Å². The first kappa shape index (κ1) is 6.62. The third-order valence-electron chi connectivity index (χ3n) is 1.58. The lowest BCUT2D eigenvalue weighted by molar-refractivity contribution is 0.596. The summed E-state index contributed by atoms with van der Waals surface area (Å²) in [5, 5.41) is 0. The fraction of sp³-hybridized carbons (Fsp3) is 0.714. The molecule has 1 aliphatic rings. The van der Waals surface area contributed by atoms with Gasteiger partial charge in [0, 0.05) is 12.7 Å². The van der Waals surface area contributed by atoms with Crippen LogP contribution in [0, 0.1) is 0 Å². The van der Waals surface area contributed by atoms with Crippen molar-refractivity contribution in [3.05, 3.63) is 11.8 Å². The van der Waals surface area contributed by atoms with Crippen molar-refractivity contribution in [3.63, 3.8) is 0 Å². The molecular formula is C7H14N2. The zero-order chi connectivity index (χ0) is 6.53. The highest BCUT2D eigenvalue weighted by Crippen LogP contribution is 2.13. The quantitative estimate of drug-likeness (QED) is 0.543. The standard InChI is InChI=1S/C7H14N2/c1-8-9-7-5-3-2-4-6-7/h5,8-9H,2-4,6H2,1H3. The van der Waals surface area contributed by atoms with Crippen molar-refractivity contribution in [2.24, 2.45) is 0 Å². The van der Waals surface area contributed by atoms with Crippen molar-refractivity contribution >= 4 is 0 Å². The second-order valence-corrected chi connectivity index (χ2v) is 2.35. The zero-order valence-electron chi connectivity index (χ0n) is 5.91. The summed E-state index contributed by atoms with van der Waals surface area (Å²) in [6.07, 6.45) is 7.40. The van der Waals surface area contributed by atoms with Crippen LogP contribution >= 0.6 is 0 Å². The van der Waals surface area contributed by atoms with Gasteiger partial charge in [-0.1, -0.05) is 6.08 Å². The van der Waals surface area contributed by atoms with Crippen LogP contribution < -0.4 is 10.9 Å². The maximum Gasteiger partial charge on any atom is 0.0221 e. The minimum absolute atomic E-state index is 1.21. The van der Waals surface area contributed by atoms with Crippen molar-refractivity contribution in [2.75, 3.05) is 7.05 Å². The lowest BCUT2D eigenvalue weighted by Crippen LogP contribution is -2.27. The lowest BCUT2D eigenvalue weighted by atomic mass is 10.1. The second kappa shape index (κ2) is 3.51. The Labute approximate surface area is 56.3 Å². The fourth-order valence-electron chi connectivity index (χ4n) is 1.11. The zero-order valence-corrected chi connectivity index (χ0v) is 5.91. The highest BCUT2D eigenvalue weighted by Gasteiger charge is 1.99. The van der Waals surface area contributed by atoms with Crippen LogP contribution in [0.15, 0.2) is 11.8 Å². The van der Waals surface area contributed by atoms with E-state index in [0.29, 0.717) is 0 Å². The first-order valence-corrected chi connectivity index (χ1v) is 3.55. The minimum Gasteiger partial charge on any atom is -0.326 e. The number of hydrazine groups is 1. The van der Waals surface area contributed by atoms with E-state index in [1.165, 1.54) is 31.4 Å². The molecule has 0 unspecified atom stereocenters. The molecule has 0 aromatic carbocycles. The van der Waals surface area contributed by atoms with Crippen LogP contribution in [0.1, 0.15) is 25.7 Å². The molecule has 2 nitrogen and oxygen atoms in total. The van der Waals surface area contributed by atoms with Crippen molar-refractivity contribution in [2.45, 2.75) is 25.7 Å². The summed E-state index contributed by atoms with van der Waals surface area (Å²) in [5.41, 5.74) is 7.37. The molecule has 52 valence electrons. The van der Waals surface area contributed by atoms with Gasteiger partial charge in [-0.05, 0) is 25.7 Å². The number of nitrogens with one attached hydrogen (secondary N) is 2. The van der Waals surface area contributed by atoms with Gasteiger partial charge < -0.3 is 5.43 Å². The van der Waals surface area contributed by atoms with Gasteiger partial charge in [-0.3, -0.25) is 0 Å². The molecule has 2 N–H and O–H groups in total. The van der Waals surface area contributed by atoms with E-state index in [2.05, 4.69) is 16.9 Å². The average Bonchev–Trinajstić information content (AvgIpc) is 1.91. The highest BCUT2D eigenvalue weighted by atomic mass is 15.3. The van der Waals surface area contributed by atoms with Gasteiger partial charge in [-0.25, -0.2) is 5.43 Å². The summed E-state index contributed by atoms with van der Waals surface area (Å²) in [7, 11) is 1.90. The molecular weight excluding hydrogens is 112 g/mol. The van der Waals surface area contributed by atoms with Gasteiger partial charge >= 0.3 is 0 Å². The highest BCUT2D eigenvalue weighted by molar-refractivity contribution is 5.01. The summed E-state index contributed by atoms with van der Waals surface area (Å²) in [5.74, 6) is 0.